The molecule has 4 heteroatoms. The Morgan fingerprint density at radius 1 is 1.58 bits per heavy atom. The number of amides is 1. The zero-order chi connectivity index (χ0) is 13.5. The van der Waals surface area contributed by atoms with Gasteiger partial charge in [0.05, 0.1) is 13.2 Å². The van der Waals surface area contributed by atoms with Crippen LogP contribution in [-0.4, -0.2) is 31.1 Å². The minimum atomic E-state index is 0.238. The van der Waals surface area contributed by atoms with Gasteiger partial charge in [0.15, 0.2) is 0 Å². The molecule has 1 aliphatic rings. The maximum atomic E-state index is 12.4. The van der Waals surface area contributed by atoms with E-state index in [1.807, 2.05) is 16.3 Å². The fourth-order valence-electron chi connectivity index (χ4n) is 2.30. The number of ether oxygens (including phenoxy) is 1. The van der Waals surface area contributed by atoms with E-state index in [-0.39, 0.29) is 5.91 Å². The number of rotatable bonds is 7. The number of carbonyl (C=O) groups excluding carboxylic acids is 1. The lowest BCUT2D eigenvalue weighted by Crippen LogP contribution is -2.34. The lowest BCUT2D eigenvalue weighted by atomic mass is 10.0. The van der Waals surface area contributed by atoms with E-state index in [0.29, 0.717) is 32.0 Å². The lowest BCUT2D eigenvalue weighted by Gasteiger charge is -2.23. The summed E-state index contributed by atoms with van der Waals surface area (Å²) in [6.07, 6.45) is 7.21. The van der Waals surface area contributed by atoms with Crippen molar-refractivity contribution in [3.63, 3.8) is 0 Å². The van der Waals surface area contributed by atoms with Gasteiger partial charge < -0.3 is 9.64 Å². The second-order valence-corrected chi connectivity index (χ2v) is 5.89. The molecule has 0 fully saturated rings. The van der Waals surface area contributed by atoms with Crippen molar-refractivity contribution in [3.05, 3.63) is 34.5 Å². The first-order valence-corrected chi connectivity index (χ1v) is 7.63. The molecule has 1 aromatic rings. The van der Waals surface area contributed by atoms with E-state index in [1.54, 1.807) is 18.4 Å². The largest absolute Gasteiger partial charge is 0.383 e. The second kappa shape index (κ2) is 7.46. The average Bonchev–Trinajstić information content (AvgIpc) is 3.07. The van der Waals surface area contributed by atoms with Crippen LogP contribution >= 0.6 is 11.3 Å². The van der Waals surface area contributed by atoms with Gasteiger partial charge in [0, 0.05) is 25.0 Å². The number of allylic oxidation sites excluding steroid dienone is 2. The number of nitrogens with zero attached hydrogens (tertiary/aromatic N) is 1. The van der Waals surface area contributed by atoms with Crippen LogP contribution in [0, 0.1) is 5.92 Å². The minimum Gasteiger partial charge on any atom is -0.383 e. The first kappa shape index (κ1) is 14.3. The molecule has 1 unspecified atom stereocenters. The molecule has 0 bridgehead atoms. The molecule has 1 aliphatic carbocycles. The Labute approximate surface area is 118 Å². The van der Waals surface area contributed by atoms with Gasteiger partial charge in [-0.1, -0.05) is 18.2 Å². The number of hydrogen-bond acceptors (Lipinski definition) is 3. The molecule has 2 rings (SSSR count). The first-order chi connectivity index (χ1) is 9.29. The van der Waals surface area contributed by atoms with Crippen LogP contribution in [0.3, 0.4) is 0 Å². The molecule has 1 atom stereocenters. The normalized spacial score (nSPS) is 17.8. The van der Waals surface area contributed by atoms with Crippen LogP contribution < -0.4 is 0 Å². The Hall–Kier alpha value is -1.13. The molecule has 19 heavy (non-hydrogen) atoms. The van der Waals surface area contributed by atoms with E-state index in [1.165, 1.54) is 4.88 Å². The van der Waals surface area contributed by atoms with Crippen molar-refractivity contribution in [3.8, 4) is 0 Å². The zero-order valence-electron chi connectivity index (χ0n) is 11.4. The second-order valence-electron chi connectivity index (χ2n) is 4.86. The van der Waals surface area contributed by atoms with Crippen LogP contribution in [-0.2, 0) is 16.1 Å². The number of hydrogen-bond donors (Lipinski definition) is 0. The molecule has 104 valence electrons. The molecule has 0 saturated carbocycles. The average molecular weight is 279 g/mol. The topological polar surface area (TPSA) is 29.5 Å². The third-order valence-corrected chi connectivity index (χ3v) is 4.26. The van der Waals surface area contributed by atoms with Crippen LogP contribution in [0.1, 0.15) is 24.1 Å². The summed E-state index contributed by atoms with van der Waals surface area (Å²) in [4.78, 5) is 15.5. The Morgan fingerprint density at radius 2 is 2.47 bits per heavy atom. The molecule has 0 N–H and O–H groups in total. The van der Waals surface area contributed by atoms with Gasteiger partial charge in [-0.2, -0.15) is 0 Å². The van der Waals surface area contributed by atoms with Crippen molar-refractivity contribution < 1.29 is 9.53 Å². The minimum absolute atomic E-state index is 0.238. The van der Waals surface area contributed by atoms with Crippen LogP contribution in [0.2, 0.25) is 0 Å². The van der Waals surface area contributed by atoms with Crippen molar-refractivity contribution in [2.45, 2.75) is 25.8 Å². The van der Waals surface area contributed by atoms with Gasteiger partial charge in [-0.25, -0.2) is 0 Å². The molecule has 1 aromatic heterocycles. The highest BCUT2D eigenvalue weighted by molar-refractivity contribution is 7.09. The first-order valence-electron chi connectivity index (χ1n) is 6.75. The van der Waals surface area contributed by atoms with Crippen LogP contribution in [0.25, 0.3) is 0 Å². The number of carbonyl (C=O) groups is 1. The summed E-state index contributed by atoms with van der Waals surface area (Å²) < 4.78 is 5.11. The lowest BCUT2D eigenvalue weighted by molar-refractivity contribution is -0.133. The molecular formula is C15H21NO2S. The summed E-state index contributed by atoms with van der Waals surface area (Å²) in [7, 11) is 1.67. The standard InChI is InChI=1S/C15H21NO2S/c1-18-9-8-16(12-14-7-4-10-19-14)15(17)11-13-5-2-3-6-13/h2,4-5,7,10,13H,3,6,8-9,11-12H2,1H3. The van der Waals surface area contributed by atoms with Crippen LogP contribution in [0.15, 0.2) is 29.7 Å². The monoisotopic (exact) mass is 279 g/mol. The van der Waals surface area contributed by atoms with Gasteiger partial charge >= 0.3 is 0 Å². The third-order valence-electron chi connectivity index (χ3n) is 3.39. The molecular weight excluding hydrogens is 258 g/mol. The molecule has 0 saturated heterocycles. The van der Waals surface area contributed by atoms with Crippen LogP contribution in [0.5, 0.6) is 0 Å². The van der Waals surface area contributed by atoms with Gasteiger partial charge in [0.1, 0.15) is 0 Å². The van der Waals surface area contributed by atoms with Crippen LogP contribution in [0.4, 0.5) is 0 Å². The van der Waals surface area contributed by atoms with Crippen molar-refractivity contribution in [1.29, 1.82) is 0 Å². The van der Waals surface area contributed by atoms with E-state index in [0.717, 1.165) is 12.8 Å². The summed E-state index contributed by atoms with van der Waals surface area (Å²) in [6, 6.07) is 4.10. The maximum Gasteiger partial charge on any atom is 0.223 e. The molecule has 0 spiro atoms. The fraction of sp³-hybridized carbons (Fsp3) is 0.533. The van der Waals surface area contributed by atoms with Crippen molar-refractivity contribution >= 4 is 17.2 Å². The third kappa shape index (κ3) is 4.48. The number of thiophene rings is 1. The summed E-state index contributed by atoms with van der Waals surface area (Å²) in [5.74, 6) is 0.669. The molecule has 0 aliphatic heterocycles. The van der Waals surface area contributed by atoms with E-state index < -0.39 is 0 Å². The van der Waals surface area contributed by atoms with Gasteiger partial charge in [-0.15, -0.1) is 11.3 Å². The summed E-state index contributed by atoms with van der Waals surface area (Å²) in [5.41, 5.74) is 0. The maximum absolute atomic E-state index is 12.4. The zero-order valence-corrected chi connectivity index (χ0v) is 12.2. The Morgan fingerprint density at radius 3 is 3.11 bits per heavy atom. The highest BCUT2D eigenvalue weighted by Crippen LogP contribution is 2.22. The molecule has 0 radical (unpaired) electrons. The molecule has 1 amide bonds. The van der Waals surface area contributed by atoms with Crippen molar-refractivity contribution in [2.24, 2.45) is 5.92 Å². The van der Waals surface area contributed by atoms with E-state index in [2.05, 4.69) is 18.2 Å². The number of methoxy groups -OCH3 is 1. The summed E-state index contributed by atoms with van der Waals surface area (Å²) >= 11 is 1.70. The molecule has 0 aromatic carbocycles. The Kier molecular flexibility index (Phi) is 5.61. The smallest absolute Gasteiger partial charge is 0.223 e. The van der Waals surface area contributed by atoms with Crippen molar-refractivity contribution in [1.82, 2.24) is 4.90 Å². The Balaban J connectivity index is 1.91. The van der Waals surface area contributed by atoms with E-state index >= 15 is 0 Å². The predicted molar refractivity (Wildman–Crippen MR) is 78.1 cm³/mol. The molecule has 1 heterocycles. The quantitative estimate of drug-likeness (QED) is 0.718. The highest BCUT2D eigenvalue weighted by Gasteiger charge is 2.19. The van der Waals surface area contributed by atoms with Gasteiger partial charge in [0.25, 0.3) is 0 Å². The summed E-state index contributed by atoms with van der Waals surface area (Å²) in [5, 5.41) is 2.05. The fourth-order valence-corrected chi connectivity index (χ4v) is 3.02. The Bertz CT molecular complexity index is 414. The predicted octanol–water partition coefficient (Wildman–Crippen LogP) is 3.08. The van der Waals surface area contributed by atoms with Gasteiger partial charge in [-0.05, 0) is 30.2 Å². The van der Waals surface area contributed by atoms with E-state index in [9.17, 15) is 4.79 Å². The van der Waals surface area contributed by atoms with Gasteiger partial charge in [-0.3, -0.25) is 4.79 Å². The van der Waals surface area contributed by atoms with Crippen molar-refractivity contribution in [2.75, 3.05) is 20.3 Å². The SMILES string of the molecule is COCCN(Cc1cccs1)C(=O)CC1C=CCC1. The highest BCUT2D eigenvalue weighted by atomic mass is 32.1. The van der Waals surface area contributed by atoms with E-state index in [4.69, 9.17) is 4.74 Å². The molecule has 3 nitrogen and oxygen atoms in total. The summed E-state index contributed by atoms with van der Waals surface area (Å²) in [6.45, 7) is 1.97. The van der Waals surface area contributed by atoms with Gasteiger partial charge in [0.2, 0.25) is 5.91 Å².